The lowest BCUT2D eigenvalue weighted by atomic mass is 9.94. The third kappa shape index (κ3) is 4.41. The second kappa shape index (κ2) is 6.66. The Bertz CT molecular complexity index is 62.9. The Morgan fingerprint density at radius 3 is 1.82 bits per heavy atom. The van der Waals surface area contributed by atoms with Crippen LogP contribution in [0.25, 0.3) is 0 Å². The first-order chi connectivity index (χ1) is 5.28. The molecular weight excluding hydrogens is 134 g/mol. The summed E-state index contributed by atoms with van der Waals surface area (Å²) in [5.74, 6) is 0.924. The molecule has 11 heavy (non-hydrogen) atoms. The molecule has 0 aromatic heterocycles. The highest BCUT2D eigenvalue weighted by Crippen LogP contribution is 2.15. The summed E-state index contributed by atoms with van der Waals surface area (Å²) in [5, 5.41) is 3.35. The van der Waals surface area contributed by atoms with Gasteiger partial charge in [-0.2, -0.15) is 0 Å². The molecule has 68 valence electrons. The van der Waals surface area contributed by atoms with Crippen molar-refractivity contribution in [1.29, 1.82) is 0 Å². The number of hydrogen-bond donors (Lipinski definition) is 1. The van der Waals surface area contributed by atoms with Crippen LogP contribution >= 0.6 is 0 Å². The highest BCUT2D eigenvalue weighted by Gasteiger charge is 2.09. The van der Waals surface area contributed by atoms with Gasteiger partial charge in [0.2, 0.25) is 0 Å². The Hall–Kier alpha value is -0.0400. The maximum atomic E-state index is 3.35. The zero-order chi connectivity index (χ0) is 8.69. The van der Waals surface area contributed by atoms with Crippen LogP contribution < -0.4 is 5.32 Å². The van der Waals surface area contributed by atoms with Crippen molar-refractivity contribution in [3.63, 3.8) is 0 Å². The molecule has 0 radical (unpaired) electrons. The third-order valence-electron chi connectivity index (χ3n) is 2.67. The van der Waals surface area contributed by atoms with Crippen molar-refractivity contribution >= 4 is 0 Å². The standard InChI is InChI=1S/C10H23N/c1-5-9(6-2)8-10(7-3)11-4/h9-11H,5-8H2,1-4H3/t10-/m1/s1. The first-order valence-electron chi connectivity index (χ1n) is 4.95. The maximum Gasteiger partial charge on any atom is 0.00640 e. The fraction of sp³-hybridized carbons (Fsp3) is 1.00. The van der Waals surface area contributed by atoms with E-state index in [2.05, 4.69) is 33.1 Å². The van der Waals surface area contributed by atoms with E-state index in [0.717, 1.165) is 12.0 Å². The van der Waals surface area contributed by atoms with Crippen LogP contribution in [0.1, 0.15) is 46.5 Å². The summed E-state index contributed by atoms with van der Waals surface area (Å²) in [6.07, 6.45) is 5.26. The highest BCUT2D eigenvalue weighted by atomic mass is 14.9. The van der Waals surface area contributed by atoms with Gasteiger partial charge in [-0.15, -0.1) is 0 Å². The minimum absolute atomic E-state index is 0.736. The lowest BCUT2D eigenvalue weighted by Crippen LogP contribution is -2.26. The van der Waals surface area contributed by atoms with Crippen LogP contribution in [0.4, 0.5) is 0 Å². The molecular formula is C10H23N. The predicted molar refractivity (Wildman–Crippen MR) is 51.8 cm³/mol. The average molecular weight is 157 g/mol. The van der Waals surface area contributed by atoms with Crippen molar-refractivity contribution in [2.45, 2.75) is 52.5 Å². The van der Waals surface area contributed by atoms with Gasteiger partial charge in [-0.3, -0.25) is 0 Å². The van der Waals surface area contributed by atoms with Crippen molar-refractivity contribution in [3.05, 3.63) is 0 Å². The Morgan fingerprint density at radius 1 is 1.00 bits per heavy atom. The van der Waals surface area contributed by atoms with E-state index >= 15 is 0 Å². The molecule has 0 aliphatic rings. The van der Waals surface area contributed by atoms with Gasteiger partial charge in [-0.1, -0.05) is 33.6 Å². The molecule has 1 atom stereocenters. The van der Waals surface area contributed by atoms with Gasteiger partial charge >= 0.3 is 0 Å². The predicted octanol–water partition coefficient (Wildman–Crippen LogP) is 2.81. The van der Waals surface area contributed by atoms with Crippen molar-refractivity contribution in [3.8, 4) is 0 Å². The summed E-state index contributed by atoms with van der Waals surface area (Å²) in [4.78, 5) is 0. The van der Waals surface area contributed by atoms with Crippen molar-refractivity contribution in [1.82, 2.24) is 5.32 Å². The van der Waals surface area contributed by atoms with Crippen molar-refractivity contribution in [2.75, 3.05) is 7.05 Å². The Balaban J connectivity index is 3.58. The molecule has 0 unspecified atom stereocenters. The van der Waals surface area contributed by atoms with Crippen LogP contribution in [0.15, 0.2) is 0 Å². The molecule has 0 aliphatic carbocycles. The SMILES string of the molecule is CCC(CC)C[C@@H](CC)NC. The van der Waals surface area contributed by atoms with Gasteiger partial charge in [0.05, 0.1) is 0 Å². The van der Waals surface area contributed by atoms with Gasteiger partial charge in [-0.25, -0.2) is 0 Å². The van der Waals surface area contributed by atoms with E-state index in [-0.39, 0.29) is 0 Å². The second-order valence-corrected chi connectivity index (χ2v) is 3.31. The van der Waals surface area contributed by atoms with E-state index in [1.807, 2.05) is 0 Å². The molecule has 0 bridgehead atoms. The second-order valence-electron chi connectivity index (χ2n) is 3.31. The topological polar surface area (TPSA) is 12.0 Å². The normalized spacial score (nSPS) is 13.9. The van der Waals surface area contributed by atoms with E-state index in [0.29, 0.717) is 0 Å². The minimum atomic E-state index is 0.736. The van der Waals surface area contributed by atoms with Crippen molar-refractivity contribution in [2.24, 2.45) is 5.92 Å². The molecule has 1 N–H and O–H groups in total. The molecule has 0 amide bonds. The highest BCUT2D eigenvalue weighted by molar-refractivity contribution is 4.67. The van der Waals surface area contributed by atoms with Crippen LogP contribution in [0, 0.1) is 5.92 Å². The molecule has 1 nitrogen and oxygen atoms in total. The van der Waals surface area contributed by atoms with Crippen LogP contribution in [0.5, 0.6) is 0 Å². The summed E-state index contributed by atoms with van der Waals surface area (Å²) >= 11 is 0. The number of rotatable bonds is 6. The lowest BCUT2D eigenvalue weighted by molar-refractivity contribution is 0.373. The molecule has 0 spiro atoms. The van der Waals surface area contributed by atoms with Crippen LogP contribution in [0.3, 0.4) is 0 Å². The smallest absolute Gasteiger partial charge is 0.00640 e. The van der Waals surface area contributed by atoms with E-state index in [4.69, 9.17) is 0 Å². The van der Waals surface area contributed by atoms with Crippen LogP contribution in [-0.4, -0.2) is 13.1 Å². The van der Waals surface area contributed by atoms with Gasteiger partial charge in [-0.05, 0) is 25.8 Å². The Labute approximate surface area is 71.6 Å². The largest absolute Gasteiger partial charge is 0.317 e. The third-order valence-corrected chi connectivity index (χ3v) is 2.67. The van der Waals surface area contributed by atoms with Gasteiger partial charge in [0.15, 0.2) is 0 Å². The summed E-state index contributed by atoms with van der Waals surface area (Å²) in [6, 6.07) is 0.736. The fourth-order valence-corrected chi connectivity index (χ4v) is 1.51. The Morgan fingerprint density at radius 2 is 1.55 bits per heavy atom. The molecule has 0 rings (SSSR count). The number of nitrogens with one attached hydrogen (secondary N) is 1. The average Bonchev–Trinajstić information content (AvgIpc) is 2.07. The minimum Gasteiger partial charge on any atom is -0.317 e. The summed E-state index contributed by atoms with van der Waals surface area (Å²) in [6.45, 7) is 6.83. The quantitative estimate of drug-likeness (QED) is 0.625. The van der Waals surface area contributed by atoms with Gasteiger partial charge in [0, 0.05) is 6.04 Å². The molecule has 0 saturated heterocycles. The monoisotopic (exact) mass is 157 g/mol. The Kier molecular flexibility index (Phi) is 6.63. The lowest BCUT2D eigenvalue weighted by Gasteiger charge is -2.19. The molecule has 0 aromatic rings. The van der Waals surface area contributed by atoms with Gasteiger partial charge in [0.1, 0.15) is 0 Å². The van der Waals surface area contributed by atoms with Gasteiger partial charge < -0.3 is 5.32 Å². The molecule has 0 fully saturated rings. The number of hydrogen-bond acceptors (Lipinski definition) is 1. The van der Waals surface area contributed by atoms with E-state index in [9.17, 15) is 0 Å². The first kappa shape index (κ1) is 11.0. The molecule has 1 heteroatoms. The van der Waals surface area contributed by atoms with Crippen molar-refractivity contribution < 1.29 is 0 Å². The van der Waals surface area contributed by atoms with Crippen LogP contribution in [0.2, 0.25) is 0 Å². The molecule has 0 saturated carbocycles. The fourth-order valence-electron chi connectivity index (χ4n) is 1.51. The summed E-state index contributed by atoms with van der Waals surface area (Å²) in [7, 11) is 2.07. The van der Waals surface area contributed by atoms with Crippen LogP contribution in [-0.2, 0) is 0 Å². The molecule has 0 aliphatic heterocycles. The maximum absolute atomic E-state index is 3.35. The zero-order valence-electron chi connectivity index (χ0n) is 8.48. The van der Waals surface area contributed by atoms with E-state index in [1.165, 1.54) is 25.7 Å². The molecule has 0 heterocycles. The summed E-state index contributed by atoms with van der Waals surface area (Å²) in [5.41, 5.74) is 0. The zero-order valence-corrected chi connectivity index (χ0v) is 8.48. The summed E-state index contributed by atoms with van der Waals surface area (Å²) < 4.78 is 0. The van der Waals surface area contributed by atoms with Gasteiger partial charge in [0.25, 0.3) is 0 Å². The molecule has 0 aromatic carbocycles. The van der Waals surface area contributed by atoms with E-state index in [1.54, 1.807) is 0 Å². The first-order valence-corrected chi connectivity index (χ1v) is 4.95. The van der Waals surface area contributed by atoms with E-state index < -0.39 is 0 Å².